The molecule has 0 spiro atoms. The van der Waals surface area contributed by atoms with Crippen molar-refractivity contribution in [1.29, 1.82) is 0 Å². The highest BCUT2D eigenvalue weighted by Crippen LogP contribution is 2.26. The summed E-state index contributed by atoms with van der Waals surface area (Å²) in [4.78, 5) is 25.8. The SMILES string of the molecule is CCn1nc(C(=O)O)c2c1CCC(NC1CCN(C(=O)c3ccco3)CC1)C2. The predicted octanol–water partition coefficient (Wildman–Crippen LogP) is 1.95. The summed E-state index contributed by atoms with van der Waals surface area (Å²) in [5, 5.41) is 17.5. The molecule has 1 aliphatic carbocycles. The number of carboxylic acids is 1. The van der Waals surface area contributed by atoms with Crippen molar-refractivity contribution in [2.24, 2.45) is 0 Å². The fourth-order valence-corrected chi connectivity index (χ4v) is 4.40. The Bertz CT molecular complexity index is 850. The highest BCUT2D eigenvalue weighted by molar-refractivity contribution is 5.91. The van der Waals surface area contributed by atoms with E-state index in [1.807, 2.05) is 16.5 Å². The Balaban J connectivity index is 1.35. The quantitative estimate of drug-likeness (QED) is 0.815. The van der Waals surface area contributed by atoms with Gasteiger partial charge in [0.1, 0.15) is 0 Å². The second-order valence-electron chi connectivity index (χ2n) is 7.54. The molecule has 8 nitrogen and oxygen atoms in total. The first-order valence-corrected chi connectivity index (χ1v) is 9.97. The maximum atomic E-state index is 12.4. The molecule has 2 aliphatic rings. The summed E-state index contributed by atoms with van der Waals surface area (Å²) in [6.45, 7) is 4.07. The lowest BCUT2D eigenvalue weighted by Crippen LogP contribution is -2.49. The van der Waals surface area contributed by atoms with Crippen molar-refractivity contribution >= 4 is 11.9 Å². The van der Waals surface area contributed by atoms with E-state index in [1.54, 1.807) is 12.1 Å². The maximum absolute atomic E-state index is 12.4. The third-order valence-corrected chi connectivity index (χ3v) is 5.83. The highest BCUT2D eigenvalue weighted by atomic mass is 16.4. The zero-order valence-corrected chi connectivity index (χ0v) is 16.1. The van der Waals surface area contributed by atoms with Crippen LogP contribution in [0, 0.1) is 0 Å². The van der Waals surface area contributed by atoms with Crippen LogP contribution in [-0.4, -0.2) is 56.8 Å². The molecule has 1 atom stereocenters. The average Bonchev–Trinajstić information content (AvgIpc) is 3.36. The molecule has 2 N–H and O–H groups in total. The second kappa shape index (κ2) is 7.79. The molecule has 1 fully saturated rings. The number of likely N-dealkylation sites (tertiary alicyclic amines) is 1. The number of carbonyl (C=O) groups excluding carboxylic acids is 1. The monoisotopic (exact) mass is 386 g/mol. The number of hydrogen-bond acceptors (Lipinski definition) is 5. The van der Waals surface area contributed by atoms with E-state index in [1.165, 1.54) is 6.26 Å². The van der Waals surface area contributed by atoms with E-state index < -0.39 is 5.97 Å². The third-order valence-electron chi connectivity index (χ3n) is 5.83. The van der Waals surface area contributed by atoms with Gasteiger partial charge in [0.2, 0.25) is 0 Å². The molecule has 28 heavy (non-hydrogen) atoms. The summed E-state index contributed by atoms with van der Waals surface area (Å²) >= 11 is 0. The van der Waals surface area contributed by atoms with Gasteiger partial charge >= 0.3 is 5.97 Å². The molecular weight excluding hydrogens is 360 g/mol. The highest BCUT2D eigenvalue weighted by Gasteiger charge is 2.31. The zero-order valence-electron chi connectivity index (χ0n) is 16.1. The largest absolute Gasteiger partial charge is 0.476 e. The van der Waals surface area contributed by atoms with Crippen LogP contribution in [-0.2, 0) is 19.4 Å². The van der Waals surface area contributed by atoms with Crippen molar-refractivity contribution < 1.29 is 19.1 Å². The zero-order chi connectivity index (χ0) is 19.7. The minimum atomic E-state index is -0.950. The van der Waals surface area contributed by atoms with Gasteiger partial charge in [-0.2, -0.15) is 5.10 Å². The van der Waals surface area contributed by atoms with Gasteiger partial charge in [-0.25, -0.2) is 4.79 Å². The molecule has 0 aromatic carbocycles. The molecule has 3 heterocycles. The molecule has 0 saturated carbocycles. The van der Waals surface area contributed by atoms with Gasteiger partial charge in [0.05, 0.1) is 6.26 Å². The van der Waals surface area contributed by atoms with Crippen LogP contribution >= 0.6 is 0 Å². The lowest BCUT2D eigenvalue weighted by molar-refractivity contribution is 0.0667. The van der Waals surface area contributed by atoms with Crippen LogP contribution in [0.4, 0.5) is 0 Å². The van der Waals surface area contributed by atoms with Gasteiger partial charge in [-0.15, -0.1) is 0 Å². The van der Waals surface area contributed by atoms with Gasteiger partial charge in [-0.3, -0.25) is 9.48 Å². The Hall–Kier alpha value is -2.61. The number of aromatic nitrogens is 2. The van der Waals surface area contributed by atoms with Crippen LogP contribution in [0.25, 0.3) is 0 Å². The van der Waals surface area contributed by atoms with Crippen LogP contribution in [0.5, 0.6) is 0 Å². The summed E-state index contributed by atoms with van der Waals surface area (Å²) in [5.41, 5.74) is 2.14. The Morgan fingerprint density at radius 1 is 1.29 bits per heavy atom. The van der Waals surface area contributed by atoms with E-state index in [0.29, 0.717) is 37.9 Å². The lowest BCUT2D eigenvalue weighted by Gasteiger charge is -2.35. The summed E-state index contributed by atoms with van der Waals surface area (Å²) < 4.78 is 7.04. The summed E-state index contributed by atoms with van der Waals surface area (Å²) in [6.07, 6.45) is 5.80. The number of rotatable bonds is 5. The smallest absolute Gasteiger partial charge is 0.356 e. The number of fused-ring (bicyclic) bond motifs is 1. The number of aryl methyl sites for hydroxylation is 1. The molecule has 2 aromatic rings. The average molecular weight is 386 g/mol. The van der Waals surface area contributed by atoms with E-state index in [-0.39, 0.29) is 17.6 Å². The first kappa shape index (κ1) is 18.7. The number of aromatic carboxylic acids is 1. The molecule has 1 aliphatic heterocycles. The van der Waals surface area contributed by atoms with Gasteiger partial charge < -0.3 is 19.7 Å². The molecule has 150 valence electrons. The van der Waals surface area contributed by atoms with E-state index in [2.05, 4.69) is 10.4 Å². The number of hydrogen-bond donors (Lipinski definition) is 2. The van der Waals surface area contributed by atoms with Gasteiger partial charge in [0, 0.05) is 43.0 Å². The first-order chi connectivity index (χ1) is 13.6. The van der Waals surface area contributed by atoms with Crippen LogP contribution in [0.15, 0.2) is 22.8 Å². The van der Waals surface area contributed by atoms with Crippen molar-refractivity contribution in [3.05, 3.63) is 41.1 Å². The van der Waals surface area contributed by atoms with E-state index >= 15 is 0 Å². The number of carboxylic acid groups (broad SMARTS) is 1. The molecule has 1 amide bonds. The number of piperidine rings is 1. The molecule has 0 bridgehead atoms. The van der Waals surface area contributed by atoms with Crippen LogP contribution < -0.4 is 5.32 Å². The minimum absolute atomic E-state index is 0.0520. The minimum Gasteiger partial charge on any atom is -0.476 e. The van der Waals surface area contributed by atoms with Gasteiger partial charge in [-0.05, 0) is 51.2 Å². The second-order valence-corrected chi connectivity index (χ2v) is 7.54. The fourth-order valence-electron chi connectivity index (χ4n) is 4.40. The van der Waals surface area contributed by atoms with E-state index in [0.717, 1.165) is 36.9 Å². The van der Waals surface area contributed by atoms with Gasteiger partial charge in [0.15, 0.2) is 11.5 Å². The van der Waals surface area contributed by atoms with Crippen molar-refractivity contribution in [3.63, 3.8) is 0 Å². The maximum Gasteiger partial charge on any atom is 0.356 e. The molecular formula is C20H26N4O4. The number of nitrogens with zero attached hydrogens (tertiary/aromatic N) is 3. The van der Waals surface area contributed by atoms with Crippen molar-refractivity contribution in [3.8, 4) is 0 Å². The van der Waals surface area contributed by atoms with Gasteiger partial charge in [-0.1, -0.05) is 0 Å². The van der Waals surface area contributed by atoms with E-state index in [4.69, 9.17) is 4.42 Å². The van der Waals surface area contributed by atoms with Crippen LogP contribution in [0.3, 0.4) is 0 Å². The predicted molar refractivity (Wildman–Crippen MR) is 101 cm³/mol. The Kier molecular flexibility index (Phi) is 5.21. The topological polar surface area (TPSA) is 101 Å². The van der Waals surface area contributed by atoms with Crippen LogP contribution in [0.1, 0.15) is 58.5 Å². The van der Waals surface area contributed by atoms with Crippen molar-refractivity contribution in [2.75, 3.05) is 13.1 Å². The summed E-state index contributed by atoms with van der Waals surface area (Å²) in [5.74, 6) is -0.613. The molecule has 1 saturated heterocycles. The Morgan fingerprint density at radius 2 is 2.07 bits per heavy atom. The number of carbonyl (C=O) groups is 2. The number of nitrogens with one attached hydrogen (secondary N) is 1. The Labute approximate surface area is 163 Å². The van der Waals surface area contributed by atoms with E-state index in [9.17, 15) is 14.7 Å². The normalized spacial score (nSPS) is 20.2. The first-order valence-electron chi connectivity index (χ1n) is 9.97. The van der Waals surface area contributed by atoms with Gasteiger partial charge in [0.25, 0.3) is 5.91 Å². The number of furan rings is 1. The molecule has 1 unspecified atom stereocenters. The molecule has 0 radical (unpaired) electrons. The van der Waals surface area contributed by atoms with Crippen molar-refractivity contribution in [1.82, 2.24) is 20.0 Å². The summed E-state index contributed by atoms with van der Waals surface area (Å²) in [6, 6.07) is 4.01. The third kappa shape index (κ3) is 3.56. The fraction of sp³-hybridized carbons (Fsp3) is 0.550. The standard InChI is InChI=1S/C20H26N4O4/c1-2-24-16-6-5-14(12-15(16)18(22-24)20(26)27)21-13-7-9-23(10-8-13)19(25)17-4-3-11-28-17/h3-4,11,13-14,21H,2,5-10,12H2,1H3,(H,26,27). The lowest BCUT2D eigenvalue weighted by atomic mass is 9.90. The molecule has 8 heteroatoms. The van der Waals surface area contributed by atoms with Crippen molar-refractivity contribution in [2.45, 2.75) is 57.7 Å². The number of amides is 1. The Morgan fingerprint density at radius 3 is 2.71 bits per heavy atom. The summed E-state index contributed by atoms with van der Waals surface area (Å²) in [7, 11) is 0. The molecule has 4 rings (SSSR count). The van der Waals surface area contributed by atoms with Crippen LogP contribution in [0.2, 0.25) is 0 Å². The molecule has 2 aromatic heterocycles.